The first-order valence-corrected chi connectivity index (χ1v) is 23.3. The van der Waals surface area contributed by atoms with Crippen LogP contribution in [0, 0.1) is 0 Å². The fourth-order valence-electron chi connectivity index (χ4n) is 5.91. The van der Waals surface area contributed by atoms with Gasteiger partial charge in [-0.25, -0.2) is 0 Å². The summed E-state index contributed by atoms with van der Waals surface area (Å²) < 4.78 is 36.7. The summed E-state index contributed by atoms with van der Waals surface area (Å²) in [6.07, 6.45) is 5.98. The summed E-state index contributed by atoms with van der Waals surface area (Å²) in [5.74, 6) is 3.41. The second-order valence-electron chi connectivity index (χ2n) is 13.3. The Bertz CT molecular complexity index is 2120. The highest BCUT2D eigenvalue weighted by atomic mass is 31.3. The van der Waals surface area contributed by atoms with E-state index in [1.54, 1.807) is 9.21 Å². The Hall–Kier alpha value is -4.87. The fraction of sp³-hybridized carbons (Fsp3) is 0.200. The third-order valence-electron chi connectivity index (χ3n) is 8.66. The van der Waals surface area contributed by atoms with E-state index in [4.69, 9.17) is 32.3 Å². The van der Waals surface area contributed by atoms with Crippen molar-refractivity contribution in [3.8, 4) is 34.5 Å². The van der Waals surface area contributed by atoms with E-state index in [2.05, 4.69) is 57.2 Å². The summed E-state index contributed by atoms with van der Waals surface area (Å²) in [6, 6.07) is 52.8. The standard InChI is InChI=1S/C45H48N3O6P3/c1-4-16-37-25-31-40(32-26-37)49-47-55(51-42-19-10-7-11-20-42)46-57(53-44-21-12-8-13-22-44,54-45-23-14-9-15-24-45)48(50-41-33-27-38(17-5-2)28-34-41)56(47)52-43-35-29-39(18-6-3)30-36-43/h7-15,19-36H,4-6,16-18H2,1-3H3. The summed E-state index contributed by atoms with van der Waals surface area (Å²) in [5, 5.41) is 0. The predicted molar refractivity (Wildman–Crippen MR) is 231 cm³/mol. The Balaban J connectivity index is 1.44. The molecule has 294 valence electrons. The zero-order valence-electron chi connectivity index (χ0n) is 32.5. The second-order valence-corrected chi connectivity index (χ2v) is 18.8. The number of hydrogen-bond acceptors (Lipinski definition) is 9. The Morgan fingerprint density at radius 3 is 1.26 bits per heavy atom. The number of aryl methyl sites for hydroxylation is 3. The number of para-hydroxylation sites is 3. The zero-order valence-corrected chi connectivity index (χ0v) is 35.1. The quantitative estimate of drug-likeness (QED) is 0.0794. The Labute approximate surface area is 339 Å². The molecule has 2 unspecified atom stereocenters. The molecule has 0 aromatic heterocycles. The molecule has 2 atom stereocenters. The Kier molecular flexibility index (Phi) is 14.2. The normalized spacial score (nSPS) is 16.5. The summed E-state index contributed by atoms with van der Waals surface area (Å²) in [6.45, 7) is 6.51. The molecule has 0 radical (unpaired) electrons. The van der Waals surface area contributed by atoms with E-state index in [9.17, 15) is 0 Å². The van der Waals surface area contributed by atoms with Crippen LogP contribution in [0.3, 0.4) is 0 Å². The van der Waals surface area contributed by atoms with Gasteiger partial charge in [0.2, 0.25) is 0 Å². The lowest BCUT2D eigenvalue weighted by atomic mass is 10.1. The Morgan fingerprint density at radius 1 is 0.439 bits per heavy atom. The molecule has 1 heterocycles. The molecule has 1 aliphatic heterocycles. The number of hydrogen-bond donors (Lipinski definition) is 0. The van der Waals surface area contributed by atoms with Crippen molar-refractivity contribution < 1.29 is 27.8 Å². The summed E-state index contributed by atoms with van der Waals surface area (Å²) >= 11 is 0. The molecule has 0 N–H and O–H groups in total. The average Bonchev–Trinajstić information content (AvgIpc) is 3.24. The number of nitrogens with zero attached hydrogens (tertiary/aromatic N) is 3. The van der Waals surface area contributed by atoms with Gasteiger partial charge >= 0.3 is 24.6 Å². The highest BCUT2D eigenvalue weighted by Gasteiger charge is 2.58. The van der Waals surface area contributed by atoms with E-state index in [-0.39, 0.29) is 0 Å². The largest absolute Gasteiger partial charge is 0.447 e. The van der Waals surface area contributed by atoms with Crippen LogP contribution in [0.1, 0.15) is 56.7 Å². The van der Waals surface area contributed by atoms with Gasteiger partial charge in [-0.05, 0) is 109 Å². The molecule has 0 aliphatic carbocycles. The van der Waals surface area contributed by atoms with Gasteiger partial charge in [0.15, 0.2) is 0 Å². The van der Waals surface area contributed by atoms with E-state index in [1.165, 1.54) is 16.7 Å². The molecule has 0 fully saturated rings. The second kappa shape index (κ2) is 20.0. The third kappa shape index (κ3) is 10.8. The van der Waals surface area contributed by atoms with Crippen LogP contribution in [0.15, 0.2) is 168 Å². The zero-order chi connectivity index (χ0) is 39.3. The Morgan fingerprint density at radius 2 is 0.825 bits per heavy atom. The van der Waals surface area contributed by atoms with Crippen molar-refractivity contribution in [3.63, 3.8) is 0 Å². The van der Waals surface area contributed by atoms with Gasteiger partial charge in [-0.3, -0.25) is 0 Å². The number of benzene rings is 6. The molecular weight excluding hydrogens is 771 g/mol. The molecule has 1 aliphatic rings. The molecule has 6 aromatic rings. The first-order chi connectivity index (χ1) is 28.0. The minimum atomic E-state index is -3.78. The maximum atomic E-state index is 7.09. The van der Waals surface area contributed by atoms with Crippen LogP contribution in [-0.2, 0) is 19.3 Å². The maximum absolute atomic E-state index is 7.09. The highest BCUT2D eigenvalue weighted by Crippen LogP contribution is 2.77. The van der Waals surface area contributed by atoms with Crippen molar-refractivity contribution in [2.45, 2.75) is 59.3 Å². The van der Waals surface area contributed by atoms with Crippen LogP contribution in [0.25, 0.3) is 0 Å². The van der Waals surface area contributed by atoms with Gasteiger partial charge in [-0.1, -0.05) is 131 Å². The van der Waals surface area contributed by atoms with Crippen molar-refractivity contribution in [2.24, 2.45) is 4.52 Å². The fourth-order valence-corrected chi connectivity index (χ4v) is 13.4. The van der Waals surface area contributed by atoms with Gasteiger partial charge in [0.05, 0.1) is 0 Å². The lowest BCUT2D eigenvalue weighted by Crippen LogP contribution is -2.37. The van der Waals surface area contributed by atoms with E-state index < -0.39 is 24.6 Å². The summed E-state index contributed by atoms with van der Waals surface area (Å²) in [7, 11) is -8.00. The van der Waals surface area contributed by atoms with E-state index >= 15 is 0 Å². The van der Waals surface area contributed by atoms with Crippen LogP contribution in [-0.4, -0.2) is 9.21 Å². The smallest absolute Gasteiger partial charge is 0.440 e. The molecule has 0 spiro atoms. The van der Waals surface area contributed by atoms with Crippen LogP contribution >= 0.6 is 24.6 Å². The maximum Gasteiger partial charge on any atom is 0.447 e. The van der Waals surface area contributed by atoms with Gasteiger partial charge in [-0.2, -0.15) is 0 Å². The SMILES string of the molecule is CCCc1ccc(ON2P(Oc3ccccc3)N=P(Oc3ccccc3)(Oc3ccccc3)N(Oc3ccc(CCC)cc3)P2Oc2ccc(CCC)cc2)cc1. The average molecular weight is 820 g/mol. The molecule has 57 heavy (non-hydrogen) atoms. The van der Waals surface area contributed by atoms with Gasteiger partial charge < -0.3 is 27.8 Å². The highest BCUT2D eigenvalue weighted by molar-refractivity contribution is 7.78. The molecule has 0 saturated heterocycles. The lowest BCUT2D eigenvalue weighted by Gasteiger charge is -2.43. The molecule has 0 bridgehead atoms. The molecule has 9 nitrogen and oxygen atoms in total. The van der Waals surface area contributed by atoms with Gasteiger partial charge in [0.1, 0.15) is 34.5 Å². The molecule has 0 amide bonds. The van der Waals surface area contributed by atoms with Crippen LogP contribution in [0.2, 0.25) is 0 Å². The molecule has 6 aromatic carbocycles. The van der Waals surface area contributed by atoms with E-state index in [0.717, 1.165) is 38.5 Å². The van der Waals surface area contributed by atoms with Crippen molar-refractivity contribution in [1.29, 1.82) is 0 Å². The lowest BCUT2D eigenvalue weighted by molar-refractivity contribution is 0.0545. The molecule has 12 heteroatoms. The van der Waals surface area contributed by atoms with Gasteiger partial charge in [-0.15, -0.1) is 4.52 Å². The van der Waals surface area contributed by atoms with Crippen LogP contribution in [0.4, 0.5) is 0 Å². The van der Waals surface area contributed by atoms with E-state index in [1.807, 2.05) is 127 Å². The van der Waals surface area contributed by atoms with Crippen molar-refractivity contribution in [1.82, 2.24) is 9.21 Å². The predicted octanol–water partition coefficient (Wildman–Crippen LogP) is 14.2. The summed E-state index contributed by atoms with van der Waals surface area (Å²) in [5.41, 5.74) is 3.64. The third-order valence-corrected chi connectivity index (χ3v) is 15.5. The molecular formula is C45H48N3O6P3. The van der Waals surface area contributed by atoms with Crippen molar-refractivity contribution >= 4 is 24.6 Å². The topological polar surface area (TPSA) is 74.2 Å². The molecule has 7 rings (SSSR count). The van der Waals surface area contributed by atoms with Crippen molar-refractivity contribution in [2.75, 3.05) is 0 Å². The minimum Gasteiger partial charge on any atom is -0.440 e. The number of rotatable bonds is 18. The molecule has 0 saturated carbocycles. The van der Waals surface area contributed by atoms with Gasteiger partial charge in [0, 0.05) is 9.21 Å². The van der Waals surface area contributed by atoms with Crippen molar-refractivity contribution in [3.05, 3.63) is 180 Å². The van der Waals surface area contributed by atoms with Gasteiger partial charge in [0.25, 0.3) is 0 Å². The first-order valence-electron chi connectivity index (χ1n) is 19.4. The van der Waals surface area contributed by atoms with Crippen LogP contribution in [0.5, 0.6) is 34.5 Å². The minimum absolute atomic E-state index is 0.534. The van der Waals surface area contributed by atoms with E-state index in [0.29, 0.717) is 34.5 Å². The summed E-state index contributed by atoms with van der Waals surface area (Å²) in [4.78, 5) is 13.9. The first kappa shape index (κ1) is 40.3. The van der Waals surface area contributed by atoms with Crippen LogP contribution < -0.4 is 27.8 Å². The monoisotopic (exact) mass is 819 g/mol.